The number of thioether (sulfide) groups is 1. The lowest BCUT2D eigenvalue weighted by Gasteiger charge is -2.34. The molecule has 1 unspecified atom stereocenters. The standard InChI is InChI=1S/C12H17NOS/c1-12(9-13-7-8-14-12)10-3-5-11(15-2)6-4-10/h3-6,13H,7-9H2,1-2H3. The van der Waals surface area contributed by atoms with Crippen molar-refractivity contribution in [2.45, 2.75) is 17.4 Å². The topological polar surface area (TPSA) is 21.3 Å². The molecule has 1 fully saturated rings. The quantitative estimate of drug-likeness (QED) is 0.777. The van der Waals surface area contributed by atoms with Crippen LogP contribution in [-0.4, -0.2) is 26.0 Å². The second-order valence-electron chi connectivity index (χ2n) is 3.98. The summed E-state index contributed by atoms with van der Waals surface area (Å²) in [6, 6.07) is 8.64. The molecule has 1 aromatic rings. The van der Waals surface area contributed by atoms with Crippen LogP contribution in [0.1, 0.15) is 12.5 Å². The van der Waals surface area contributed by atoms with Crippen molar-refractivity contribution >= 4 is 11.8 Å². The Hall–Kier alpha value is -0.510. The van der Waals surface area contributed by atoms with Gasteiger partial charge in [0.25, 0.3) is 0 Å². The number of ether oxygens (including phenoxy) is 1. The average molecular weight is 223 g/mol. The predicted molar refractivity (Wildman–Crippen MR) is 64.4 cm³/mol. The number of nitrogens with one attached hydrogen (secondary N) is 1. The van der Waals surface area contributed by atoms with Crippen LogP contribution in [0.25, 0.3) is 0 Å². The molecule has 1 aromatic carbocycles. The molecule has 2 rings (SSSR count). The Bertz CT molecular complexity index is 317. The molecule has 1 saturated heterocycles. The van der Waals surface area contributed by atoms with Gasteiger partial charge in [0.2, 0.25) is 0 Å². The molecular formula is C12H17NOS. The summed E-state index contributed by atoms with van der Waals surface area (Å²) in [5.41, 5.74) is 1.10. The fourth-order valence-electron chi connectivity index (χ4n) is 1.86. The van der Waals surface area contributed by atoms with Gasteiger partial charge < -0.3 is 10.1 Å². The first-order chi connectivity index (χ1) is 7.24. The van der Waals surface area contributed by atoms with Gasteiger partial charge in [-0.05, 0) is 30.9 Å². The van der Waals surface area contributed by atoms with E-state index in [1.807, 2.05) is 0 Å². The molecule has 1 aliphatic rings. The minimum atomic E-state index is -0.158. The van der Waals surface area contributed by atoms with Crippen molar-refractivity contribution < 1.29 is 4.74 Å². The van der Waals surface area contributed by atoms with E-state index in [-0.39, 0.29) is 5.60 Å². The van der Waals surface area contributed by atoms with E-state index in [9.17, 15) is 0 Å². The van der Waals surface area contributed by atoms with Crippen LogP contribution < -0.4 is 5.32 Å². The van der Waals surface area contributed by atoms with Crippen LogP contribution in [0.2, 0.25) is 0 Å². The van der Waals surface area contributed by atoms with E-state index in [0.29, 0.717) is 0 Å². The summed E-state index contributed by atoms with van der Waals surface area (Å²) >= 11 is 1.77. The molecular weight excluding hydrogens is 206 g/mol. The van der Waals surface area contributed by atoms with Crippen molar-refractivity contribution in [3.8, 4) is 0 Å². The maximum absolute atomic E-state index is 5.86. The van der Waals surface area contributed by atoms with Crippen LogP contribution >= 0.6 is 11.8 Å². The molecule has 0 aromatic heterocycles. The molecule has 0 amide bonds. The second kappa shape index (κ2) is 4.56. The SMILES string of the molecule is CSc1ccc(C2(C)CNCCO2)cc1. The molecule has 1 heterocycles. The fourth-order valence-corrected chi connectivity index (χ4v) is 2.26. The summed E-state index contributed by atoms with van der Waals surface area (Å²) in [5.74, 6) is 0. The zero-order valence-corrected chi connectivity index (χ0v) is 10.1. The van der Waals surface area contributed by atoms with Gasteiger partial charge in [-0.2, -0.15) is 0 Å². The van der Waals surface area contributed by atoms with Crippen molar-refractivity contribution in [3.05, 3.63) is 29.8 Å². The largest absolute Gasteiger partial charge is 0.368 e. The number of hydrogen-bond donors (Lipinski definition) is 1. The van der Waals surface area contributed by atoms with Gasteiger partial charge in [0.15, 0.2) is 0 Å². The van der Waals surface area contributed by atoms with Crippen molar-refractivity contribution in [1.29, 1.82) is 0 Å². The van der Waals surface area contributed by atoms with Crippen LogP contribution in [0, 0.1) is 0 Å². The van der Waals surface area contributed by atoms with Crippen LogP contribution in [-0.2, 0) is 10.3 Å². The average Bonchev–Trinajstić information content (AvgIpc) is 2.30. The number of benzene rings is 1. The van der Waals surface area contributed by atoms with E-state index in [2.05, 4.69) is 42.8 Å². The molecule has 0 radical (unpaired) electrons. The number of hydrogen-bond acceptors (Lipinski definition) is 3. The Morgan fingerprint density at radius 1 is 1.33 bits per heavy atom. The van der Waals surface area contributed by atoms with E-state index in [1.54, 1.807) is 11.8 Å². The highest BCUT2D eigenvalue weighted by molar-refractivity contribution is 7.98. The van der Waals surface area contributed by atoms with Gasteiger partial charge in [0.1, 0.15) is 5.60 Å². The molecule has 0 aliphatic carbocycles. The monoisotopic (exact) mass is 223 g/mol. The summed E-state index contributed by atoms with van der Waals surface area (Å²) < 4.78 is 5.86. The van der Waals surface area contributed by atoms with E-state index in [0.717, 1.165) is 19.7 Å². The molecule has 0 saturated carbocycles. The lowest BCUT2D eigenvalue weighted by molar-refractivity contribution is -0.0572. The zero-order chi connectivity index (χ0) is 10.7. The number of rotatable bonds is 2. The van der Waals surface area contributed by atoms with E-state index in [4.69, 9.17) is 4.74 Å². The third-order valence-electron chi connectivity index (χ3n) is 2.86. The summed E-state index contributed by atoms with van der Waals surface area (Å²) in [4.78, 5) is 1.30. The minimum Gasteiger partial charge on any atom is -0.368 e. The Morgan fingerprint density at radius 2 is 2.07 bits per heavy atom. The van der Waals surface area contributed by atoms with Crippen molar-refractivity contribution in [3.63, 3.8) is 0 Å². The van der Waals surface area contributed by atoms with Gasteiger partial charge >= 0.3 is 0 Å². The highest BCUT2D eigenvalue weighted by atomic mass is 32.2. The van der Waals surface area contributed by atoms with Crippen molar-refractivity contribution in [2.24, 2.45) is 0 Å². The van der Waals surface area contributed by atoms with Crippen LogP contribution in [0.15, 0.2) is 29.2 Å². The second-order valence-corrected chi connectivity index (χ2v) is 4.86. The molecule has 0 spiro atoms. The molecule has 82 valence electrons. The molecule has 2 nitrogen and oxygen atoms in total. The first-order valence-electron chi connectivity index (χ1n) is 5.24. The lowest BCUT2D eigenvalue weighted by Crippen LogP contribution is -2.45. The summed E-state index contributed by atoms with van der Waals surface area (Å²) in [6.07, 6.45) is 2.09. The predicted octanol–water partition coefficient (Wildman–Crippen LogP) is 2.24. The molecule has 1 N–H and O–H groups in total. The van der Waals surface area contributed by atoms with Gasteiger partial charge in [-0.3, -0.25) is 0 Å². The first-order valence-corrected chi connectivity index (χ1v) is 6.46. The Kier molecular flexibility index (Phi) is 3.34. The van der Waals surface area contributed by atoms with Gasteiger partial charge in [-0.25, -0.2) is 0 Å². The Morgan fingerprint density at radius 3 is 2.60 bits per heavy atom. The van der Waals surface area contributed by atoms with Crippen LogP contribution in [0.5, 0.6) is 0 Å². The first kappa shape index (κ1) is 11.0. The van der Waals surface area contributed by atoms with Gasteiger partial charge in [-0.1, -0.05) is 12.1 Å². The Balaban J connectivity index is 2.20. The highest BCUT2D eigenvalue weighted by Crippen LogP contribution is 2.27. The molecule has 15 heavy (non-hydrogen) atoms. The summed E-state index contributed by atoms with van der Waals surface area (Å²) in [6.45, 7) is 4.79. The van der Waals surface area contributed by atoms with Crippen LogP contribution in [0.4, 0.5) is 0 Å². The molecule has 3 heteroatoms. The summed E-state index contributed by atoms with van der Waals surface area (Å²) in [7, 11) is 0. The zero-order valence-electron chi connectivity index (χ0n) is 9.25. The van der Waals surface area contributed by atoms with Gasteiger partial charge in [-0.15, -0.1) is 11.8 Å². The maximum Gasteiger partial charge on any atom is 0.103 e. The van der Waals surface area contributed by atoms with E-state index >= 15 is 0 Å². The number of morpholine rings is 1. The molecule has 1 atom stereocenters. The molecule has 1 aliphatic heterocycles. The van der Waals surface area contributed by atoms with E-state index in [1.165, 1.54) is 10.5 Å². The lowest BCUT2D eigenvalue weighted by atomic mass is 9.95. The smallest absolute Gasteiger partial charge is 0.103 e. The normalized spacial score (nSPS) is 26.5. The minimum absolute atomic E-state index is 0.158. The maximum atomic E-state index is 5.86. The molecule has 0 bridgehead atoms. The fraction of sp³-hybridized carbons (Fsp3) is 0.500. The van der Waals surface area contributed by atoms with Gasteiger partial charge in [0, 0.05) is 18.0 Å². The third-order valence-corrected chi connectivity index (χ3v) is 3.61. The van der Waals surface area contributed by atoms with Crippen molar-refractivity contribution in [1.82, 2.24) is 5.32 Å². The summed E-state index contributed by atoms with van der Waals surface area (Å²) in [5, 5.41) is 3.37. The highest BCUT2D eigenvalue weighted by Gasteiger charge is 2.29. The Labute approximate surface area is 95.4 Å². The van der Waals surface area contributed by atoms with E-state index < -0.39 is 0 Å². The van der Waals surface area contributed by atoms with Crippen molar-refractivity contribution in [2.75, 3.05) is 26.0 Å². The third kappa shape index (κ3) is 2.36. The van der Waals surface area contributed by atoms with Gasteiger partial charge in [0.05, 0.1) is 6.61 Å². The van der Waals surface area contributed by atoms with Crippen LogP contribution in [0.3, 0.4) is 0 Å².